The highest BCUT2D eigenvalue weighted by atomic mass is 32.1. The Hall–Kier alpha value is -2.81. The van der Waals surface area contributed by atoms with Gasteiger partial charge in [-0.15, -0.1) is 11.3 Å². The van der Waals surface area contributed by atoms with Crippen LogP contribution in [0.15, 0.2) is 11.4 Å². The van der Waals surface area contributed by atoms with Gasteiger partial charge in [-0.25, -0.2) is 14.8 Å². The first-order chi connectivity index (χ1) is 11.9. The monoisotopic (exact) mass is 359 g/mol. The van der Waals surface area contributed by atoms with Gasteiger partial charge in [-0.05, 0) is 19.9 Å². The van der Waals surface area contributed by atoms with Gasteiger partial charge in [0.15, 0.2) is 11.3 Å². The third-order valence-corrected chi connectivity index (χ3v) is 4.65. The largest absolute Gasteiger partial charge is 0.476 e. The zero-order valence-corrected chi connectivity index (χ0v) is 14.8. The Labute approximate surface area is 147 Å². The van der Waals surface area contributed by atoms with Gasteiger partial charge < -0.3 is 10.4 Å². The summed E-state index contributed by atoms with van der Waals surface area (Å²) in [7, 11) is 1.80. The van der Waals surface area contributed by atoms with E-state index in [-0.39, 0.29) is 11.6 Å². The highest BCUT2D eigenvalue weighted by Crippen LogP contribution is 2.21. The van der Waals surface area contributed by atoms with E-state index in [1.54, 1.807) is 17.8 Å². The molecule has 9 heteroatoms. The molecule has 0 saturated heterocycles. The molecule has 8 nitrogen and oxygen atoms in total. The molecule has 0 radical (unpaired) electrons. The van der Waals surface area contributed by atoms with Crippen LogP contribution >= 0.6 is 11.3 Å². The summed E-state index contributed by atoms with van der Waals surface area (Å²) >= 11 is 1.27. The minimum Gasteiger partial charge on any atom is -0.476 e. The van der Waals surface area contributed by atoms with Gasteiger partial charge in [-0.3, -0.25) is 9.48 Å². The number of carboxylic acid groups (broad SMARTS) is 1. The lowest BCUT2D eigenvalue weighted by atomic mass is 10.1. The molecule has 0 atom stereocenters. The van der Waals surface area contributed by atoms with E-state index in [9.17, 15) is 9.59 Å². The van der Waals surface area contributed by atoms with Crippen LogP contribution in [0.4, 0.5) is 0 Å². The van der Waals surface area contributed by atoms with Gasteiger partial charge in [0.1, 0.15) is 0 Å². The van der Waals surface area contributed by atoms with Crippen molar-refractivity contribution in [3.05, 3.63) is 39.1 Å². The van der Waals surface area contributed by atoms with Crippen molar-refractivity contribution in [3.8, 4) is 0 Å². The normalized spacial score (nSPS) is 11.0. The minimum absolute atomic E-state index is 0.0313. The molecule has 0 aliphatic carbocycles. The Morgan fingerprint density at radius 1 is 1.32 bits per heavy atom. The first-order valence-corrected chi connectivity index (χ1v) is 8.51. The first kappa shape index (κ1) is 17.0. The second-order valence-corrected chi connectivity index (χ2v) is 6.60. The van der Waals surface area contributed by atoms with Crippen molar-refractivity contribution in [1.29, 1.82) is 0 Å². The Kier molecular flexibility index (Phi) is 4.49. The Balaban J connectivity index is 1.75. The van der Waals surface area contributed by atoms with E-state index in [0.717, 1.165) is 16.8 Å². The van der Waals surface area contributed by atoms with E-state index in [4.69, 9.17) is 5.11 Å². The van der Waals surface area contributed by atoms with Crippen molar-refractivity contribution in [3.63, 3.8) is 0 Å². The van der Waals surface area contributed by atoms with E-state index >= 15 is 0 Å². The predicted octanol–water partition coefficient (Wildman–Crippen LogP) is 1.71. The number of nitrogens with zero attached hydrogens (tertiary/aromatic N) is 4. The van der Waals surface area contributed by atoms with Crippen molar-refractivity contribution >= 4 is 34.2 Å². The molecule has 3 heterocycles. The maximum Gasteiger partial charge on any atom is 0.355 e. The number of amides is 1. The molecule has 0 bridgehead atoms. The maximum absolute atomic E-state index is 12.6. The second kappa shape index (κ2) is 6.60. The lowest BCUT2D eigenvalue weighted by Crippen LogP contribution is -2.26. The summed E-state index contributed by atoms with van der Waals surface area (Å²) in [6.45, 7) is 4.05. The van der Waals surface area contributed by atoms with Gasteiger partial charge in [-0.1, -0.05) is 0 Å². The van der Waals surface area contributed by atoms with Gasteiger partial charge >= 0.3 is 5.97 Å². The van der Waals surface area contributed by atoms with E-state index in [1.165, 1.54) is 16.7 Å². The number of aromatic nitrogens is 4. The smallest absolute Gasteiger partial charge is 0.355 e. The molecule has 3 rings (SSSR count). The predicted molar refractivity (Wildman–Crippen MR) is 93.1 cm³/mol. The molecule has 0 aliphatic heterocycles. The number of nitrogens with one attached hydrogen (secondary N) is 1. The molecule has 0 fully saturated rings. The molecule has 0 saturated carbocycles. The zero-order valence-electron chi connectivity index (χ0n) is 14.0. The number of carbonyl (C=O) groups excluding carboxylic acids is 1. The maximum atomic E-state index is 12.6. The number of aryl methyl sites for hydroxylation is 3. The molecule has 3 aromatic rings. The lowest BCUT2D eigenvalue weighted by molar-refractivity contribution is 0.0690. The summed E-state index contributed by atoms with van der Waals surface area (Å²) in [5.74, 6) is -1.25. The molecule has 0 aromatic carbocycles. The number of aromatic carboxylic acids is 1. The summed E-state index contributed by atoms with van der Waals surface area (Å²) < 4.78 is 1.66. The lowest BCUT2D eigenvalue weighted by Gasteiger charge is -2.07. The fourth-order valence-electron chi connectivity index (χ4n) is 2.65. The highest BCUT2D eigenvalue weighted by molar-refractivity contribution is 7.09. The summed E-state index contributed by atoms with van der Waals surface area (Å²) in [6, 6.07) is 1.75. The quantitative estimate of drug-likeness (QED) is 0.718. The van der Waals surface area contributed by atoms with E-state index < -0.39 is 5.97 Å². The molecule has 130 valence electrons. The van der Waals surface area contributed by atoms with Crippen LogP contribution in [0.5, 0.6) is 0 Å². The summed E-state index contributed by atoms with van der Waals surface area (Å²) in [4.78, 5) is 31.9. The van der Waals surface area contributed by atoms with Crippen LogP contribution < -0.4 is 5.32 Å². The number of fused-ring (bicyclic) bond motifs is 1. The van der Waals surface area contributed by atoms with Crippen molar-refractivity contribution in [1.82, 2.24) is 25.1 Å². The van der Waals surface area contributed by atoms with Crippen LogP contribution in [0.2, 0.25) is 0 Å². The Morgan fingerprint density at radius 2 is 2.08 bits per heavy atom. The van der Waals surface area contributed by atoms with Gasteiger partial charge in [-0.2, -0.15) is 5.10 Å². The number of carbonyl (C=O) groups is 2. The van der Waals surface area contributed by atoms with Gasteiger partial charge in [0.25, 0.3) is 5.91 Å². The van der Waals surface area contributed by atoms with Crippen molar-refractivity contribution in [2.45, 2.75) is 20.3 Å². The topological polar surface area (TPSA) is 110 Å². The summed E-state index contributed by atoms with van der Waals surface area (Å²) in [6.07, 6.45) is 0.475. The number of pyridine rings is 1. The van der Waals surface area contributed by atoms with Crippen molar-refractivity contribution in [2.75, 3.05) is 6.54 Å². The summed E-state index contributed by atoms with van der Waals surface area (Å²) in [5.41, 5.74) is 2.74. The number of thiazole rings is 1. The molecule has 1 amide bonds. The van der Waals surface area contributed by atoms with Gasteiger partial charge in [0, 0.05) is 31.1 Å². The van der Waals surface area contributed by atoms with E-state index in [0.29, 0.717) is 29.2 Å². The van der Waals surface area contributed by atoms with Crippen LogP contribution in [0.3, 0.4) is 0 Å². The van der Waals surface area contributed by atoms with Gasteiger partial charge in [0.2, 0.25) is 0 Å². The molecule has 25 heavy (non-hydrogen) atoms. The van der Waals surface area contributed by atoms with E-state index in [1.807, 2.05) is 13.8 Å². The number of rotatable bonds is 5. The zero-order chi connectivity index (χ0) is 18.1. The second-order valence-electron chi connectivity index (χ2n) is 5.66. The molecule has 0 aliphatic rings. The highest BCUT2D eigenvalue weighted by Gasteiger charge is 2.17. The number of carboxylic acids is 1. The van der Waals surface area contributed by atoms with Crippen molar-refractivity contribution < 1.29 is 14.7 Å². The molecule has 0 unspecified atom stereocenters. The average molecular weight is 359 g/mol. The minimum atomic E-state index is -1.05. The molecule has 3 aromatic heterocycles. The van der Waals surface area contributed by atoms with Gasteiger partial charge in [0.05, 0.1) is 21.7 Å². The number of hydrogen-bond donors (Lipinski definition) is 2. The third-order valence-electron chi connectivity index (χ3n) is 3.74. The fourth-order valence-corrected chi connectivity index (χ4v) is 3.42. The third kappa shape index (κ3) is 3.36. The Morgan fingerprint density at radius 3 is 2.76 bits per heavy atom. The fraction of sp³-hybridized carbons (Fsp3) is 0.312. The van der Waals surface area contributed by atoms with Crippen LogP contribution in [0, 0.1) is 13.8 Å². The number of hydrogen-bond acceptors (Lipinski definition) is 6. The van der Waals surface area contributed by atoms with Crippen LogP contribution in [0.1, 0.15) is 37.2 Å². The van der Waals surface area contributed by atoms with Crippen LogP contribution in [-0.2, 0) is 13.5 Å². The molecular weight excluding hydrogens is 342 g/mol. The SMILES string of the molecule is Cc1cc(C(=O)NCCc2nc(C(=O)O)cs2)c2c(C)nn(C)c2n1. The first-order valence-electron chi connectivity index (χ1n) is 7.63. The standard InChI is InChI=1S/C16H17N5O3S/c1-8-6-10(13-9(2)20-21(3)14(13)18-8)15(22)17-5-4-12-19-11(7-25-12)16(23)24/h6-7H,4-5H2,1-3H3,(H,17,22)(H,23,24). The van der Waals surface area contributed by atoms with Crippen LogP contribution in [-0.4, -0.2) is 43.3 Å². The van der Waals surface area contributed by atoms with E-state index in [2.05, 4.69) is 20.4 Å². The van der Waals surface area contributed by atoms with Crippen LogP contribution in [0.25, 0.3) is 11.0 Å². The van der Waals surface area contributed by atoms with Crippen molar-refractivity contribution in [2.24, 2.45) is 7.05 Å². The molecule has 2 N–H and O–H groups in total. The Bertz CT molecular complexity index is 976. The average Bonchev–Trinajstić information content (AvgIpc) is 3.12. The molecular formula is C16H17N5O3S. The summed E-state index contributed by atoms with van der Waals surface area (Å²) in [5, 5.41) is 19.0. The molecule has 0 spiro atoms.